The average molecular weight is 434 g/mol. The number of carbonyl (C=O) groups is 3. The molecule has 0 radical (unpaired) electrons. The maximum Gasteiger partial charge on any atom is 0.357 e. The van der Waals surface area contributed by atoms with E-state index < -0.39 is 29.5 Å². The van der Waals surface area contributed by atoms with Gasteiger partial charge in [0.25, 0.3) is 11.8 Å². The first-order chi connectivity index (χ1) is 14.8. The van der Waals surface area contributed by atoms with E-state index in [2.05, 4.69) is 4.98 Å². The van der Waals surface area contributed by atoms with Gasteiger partial charge in [-0.2, -0.15) is 0 Å². The summed E-state index contributed by atoms with van der Waals surface area (Å²) >= 11 is 0. The number of esters is 2. The second-order valence-electron chi connectivity index (χ2n) is 6.68. The maximum atomic E-state index is 14.1. The zero-order chi connectivity index (χ0) is 22.7. The lowest BCUT2D eigenvalue weighted by Gasteiger charge is -2.30. The van der Waals surface area contributed by atoms with Crippen molar-refractivity contribution in [1.82, 2.24) is 9.88 Å². The molecule has 0 saturated carbocycles. The number of amides is 1. The van der Waals surface area contributed by atoms with Crippen LogP contribution in [0.25, 0.3) is 0 Å². The van der Waals surface area contributed by atoms with E-state index in [0.29, 0.717) is 0 Å². The van der Waals surface area contributed by atoms with Gasteiger partial charge in [-0.15, -0.1) is 0 Å². The molecule has 1 aromatic carbocycles. The molecule has 31 heavy (non-hydrogen) atoms. The average Bonchev–Trinajstić information content (AvgIpc) is 2.71. The number of methoxy groups -OCH3 is 1. The Morgan fingerprint density at radius 3 is 2.61 bits per heavy atom. The molecule has 1 aromatic heterocycles. The van der Waals surface area contributed by atoms with Crippen molar-refractivity contribution in [2.24, 2.45) is 0 Å². The van der Waals surface area contributed by atoms with E-state index in [1.165, 1.54) is 18.1 Å². The molecule has 1 aliphatic rings. The third-order valence-electron chi connectivity index (χ3n) is 4.64. The Balaban J connectivity index is 2.08. The van der Waals surface area contributed by atoms with Gasteiger partial charge in [0.05, 0.1) is 19.3 Å². The smallest absolute Gasteiger partial charge is 0.357 e. The second-order valence-corrected chi connectivity index (χ2v) is 6.68. The summed E-state index contributed by atoms with van der Waals surface area (Å²) in [5, 5.41) is 0. The van der Waals surface area contributed by atoms with E-state index in [-0.39, 0.29) is 60.1 Å². The predicted molar refractivity (Wildman–Crippen MR) is 103 cm³/mol. The molecule has 0 spiro atoms. The number of pyridine rings is 1. The Morgan fingerprint density at radius 2 is 2.00 bits per heavy atom. The van der Waals surface area contributed by atoms with Gasteiger partial charge in [0.1, 0.15) is 11.6 Å². The standard InChI is InChI=1S/C21H20F2N2O6/c1-4-30-21(28)17-14-7-8-25(10-12-5-6-13(22)9-15(12)23)20(27)16(14)18(29-3)19(24-17)31-11(2)26/h5-6,9H,4,7-8,10H2,1-3H3. The highest BCUT2D eigenvalue weighted by molar-refractivity contribution is 6.03. The van der Waals surface area contributed by atoms with Crippen LogP contribution in [0.4, 0.5) is 8.78 Å². The number of halogens is 2. The summed E-state index contributed by atoms with van der Waals surface area (Å²) in [4.78, 5) is 42.6. The van der Waals surface area contributed by atoms with E-state index in [1.807, 2.05) is 0 Å². The number of nitrogens with zero attached hydrogens (tertiary/aromatic N) is 2. The van der Waals surface area contributed by atoms with Gasteiger partial charge >= 0.3 is 11.9 Å². The lowest BCUT2D eigenvalue weighted by molar-refractivity contribution is -0.132. The van der Waals surface area contributed by atoms with Gasteiger partial charge in [0, 0.05) is 37.2 Å². The zero-order valence-electron chi connectivity index (χ0n) is 17.2. The van der Waals surface area contributed by atoms with Crippen molar-refractivity contribution in [2.45, 2.75) is 26.8 Å². The number of rotatable bonds is 6. The minimum Gasteiger partial charge on any atom is -0.491 e. The van der Waals surface area contributed by atoms with E-state index in [0.717, 1.165) is 19.1 Å². The number of carbonyl (C=O) groups excluding carboxylic acids is 3. The van der Waals surface area contributed by atoms with Gasteiger partial charge < -0.3 is 19.1 Å². The minimum atomic E-state index is -0.784. The summed E-state index contributed by atoms with van der Waals surface area (Å²) in [6.45, 7) is 2.84. The van der Waals surface area contributed by atoms with E-state index in [1.54, 1.807) is 6.92 Å². The summed E-state index contributed by atoms with van der Waals surface area (Å²) in [7, 11) is 1.26. The first-order valence-corrected chi connectivity index (χ1v) is 9.46. The molecular weight excluding hydrogens is 414 g/mol. The molecule has 0 bridgehead atoms. The van der Waals surface area contributed by atoms with Crippen LogP contribution in [0.1, 0.15) is 45.8 Å². The highest BCUT2D eigenvalue weighted by Gasteiger charge is 2.36. The lowest BCUT2D eigenvalue weighted by atomic mass is 9.96. The van der Waals surface area contributed by atoms with Crippen LogP contribution in [-0.4, -0.2) is 48.0 Å². The zero-order valence-corrected chi connectivity index (χ0v) is 17.2. The molecule has 8 nitrogen and oxygen atoms in total. The first-order valence-electron chi connectivity index (χ1n) is 9.46. The number of benzene rings is 1. The summed E-state index contributed by atoms with van der Waals surface area (Å²) in [5.41, 5.74) is 0.226. The number of aromatic nitrogens is 1. The lowest BCUT2D eigenvalue weighted by Crippen LogP contribution is -2.39. The molecule has 0 unspecified atom stereocenters. The van der Waals surface area contributed by atoms with Gasteiger partial charge in [-0.1, -0.05) is 6.07 Å². The summed E-state index contributed by atoms with van der Waals surface area (Å²) < 4.78 is 42.7. The van der Waals surface area contributed by atoms with E-state index in [4.69, 9.17) is 14.2 Å². The third-order valence-corrected chi connectivity index (χ3v) is 4.64. The van der Waals surface area contributed by atoms with Crippen molar-refractivity contribution in [1.29, 1.82) is 0 Å². The number of hydrogen-bond donors (Lipinski definition) is 0. The predicted octanol–water partition coefficient (Wildman–Crippen LogP) is 2.67. The minimum absolute atomic E-state index is 0.0226. The Labute approximate surface area is 176 Å². The highest BCUT2D eigenvalue weighted by Crippen LogP contribution is 2.37. The molecule has 2 heterocycles. The molecule has 10 heteroatoms. The van der Waals surface area contributed by atoms with Crippen LogP contribution in [0, 0.1) is 11.6 Å². The van der Waals surface area contributed by atoms with Crippen molar-refractivity contribution in [3.05, 3.63) is 52.2 Å². The fraction of sp³-hybridized carbons (Fsp3) is 0.333. The largest absolute Gasteiger partial charge is 0.491 e. The molecule has 3 rings (SSSR count). The van der Waals surface area contributed by atoms with Crippen molar-refractivity contribution < 1.29 is 37.4 Å². The van der Waals surface area contributed by atoms with Gasteiger partial charge in [-0.3, -0.25) is 9.59 Å². The van der Waals surface area contributed by atoms with Gasteiger partial charge in [-0.25, -0.2) is 18.6 Å². The summed E-state index contributed by atoms with van der Waals surface area (Å²) in [5.74, 6) is -4.06. The molecule has 0 fully saturated rings. The second kappa shape index (κ2) is 9.07. The molecule has 0 saturated heterocycles. The van der Waals surface area contributed by atoms with Crippen LogP contribution >= 0.6 is 0 Å². The van der Waals surface area contributed by atoms with Crippen molar-refractivity contribution in [3.8, 4) is 11.6 Å². The number of ether oxygens (including phenoxy) is 3. The molecule has 1 aliphatic heterocycles. The van der Waals surface area contributed by atoms with Crippen LogP contribution in [-0.2, 0) is 22.5 Å². The van der Waals surface area contributed by atoms with E-state index >= 15 is 0 Å². The Kier molecular flexibility index (Phi) is 6.47. The quantitative estimate of drug-likeness (QED) is 0.645. The summed E-state index contributed by atoms with van der Waals surface area (Å²) in [6.07, 6.45) is 0.196. The molecule has 0 atom stereocenters. The van der Waals surface area contributed by atoms with E-state index in [9.17, 15) is 23.2 Å². The van der Waals surface area contributed by atoms with Crippen molar-refractivity contribution in [3.63, 3.8) is 0 Å². The van der Waals surface area contributed by atoms with Crippen LogP contribution in [0.15, 0.2) is 18.2 Å². The fourth-order valence-corrected chi connectivity index (χ4v) is 3.33. The van der Waals surface area contributed by atoms with Gasteiger partial charge in [0.2, 0.25) is 0 Å². The SMILES string of the molecule is CCOC(=O)c1nc(OC(C)=O)c(OC)c2c1CCN(Cc1ccc(F)cc1F)C2=O. The Bertz CT molecular complexity index is 1060. The van der Waals surface area contributed by atoms with Gasteiger partial charge in [0.15, 0.2) is 11.4 Å². The van der Waals surface area contributed by atoms with Crippen molar-refractivity contribution in [2.75, 3.05) is 20.3 Å². The molecule has 0 aliphatic carbocycles. The molecule has 2 aromatic rings. The van der Waals surface area contributed by atoms with Crippen molar-refractivity contribution >= 4 is 17.8 Å². The third kappa shape index (κ3) is 4.47. The first kappa shape index (κ1) is 22.1. The fourth-order valence-electron chi connectivity index (χ4n) is 3.33. The monoisotopic (exact) mass is 434 g/mol. The maximum absolute atomic E-state index is 14.1. The topological polar surface area (TPSA) is 95.0 Å². The van der Waals surface area contributed by atoms with Crippen LogP contribution in [0.2, 0.25) is 0 Å². The number of hydrogen-bond acceptors (Lipinski definition) is 7. The van der Waals surface area contributed by atoms with Crippen LogP contribution in [0.5, 0.6) is 11.6 Å². The molecule has 1 amide bonds. The molecule has 164 valence electrons. The highest BCUT2D eigenvalue weighted by atomic mass is 19.1. The van der Waals surface area contributed by atoms with Gasteiger partial charge in [-0.05, 0) is 19.4 Å². The molecular formula is C21H20F2N2O6. The number of fused-ring (bicyclic) bond motifs is 1. The Morgan fingerprint density at radius 1 is 1.26 bits per heavy atom. The summed E-state index contributed by atoms with van der Waals surface area (Å²) in [6, 6.07) is 3.09. The Hall–Kier alpha value is -3.56. The van der Waals surface area contributed by atoms with Crippen LogP contribution in [0.3, 0.4) is 0 Å². The molecule has 0 N–H and O–H groups in total. The van der Waals surface area contributed by atoms with Crippen LogP contribution < -0.4 is 9.47 Å². The normalized spacial score (nSPS) is 12.9.